The lowest BCUT2D eigenvalue weighted by atomic mass is 10.1. The number of thiophene rings is 1. The first-order valence-corrected chi connectivity index (χ1v) is 9.81. The van der Waals surface area contributed by atoms with Crippen molar-refractivity contribution in [1.29, 1.82) is 0 Å². The average molecular weight is 343 g/mol. The Morgan fingerprint density at radius 3 is 2.58 bits per heavy atom. The lowest BCUT2D eigenvalue weighted by Crippen LogP contribution is -2.20. The third kappa shape index (κ3) is 5.46. The highest BCUT2D eigenvalue weighted by Crippen LogP contribution is 2.15. The molecule has 1 saturated heterocycles. The van der Waals surface area contributed by atoms with Crippen molar-refractivity contribution in [2.45, 2.75) is 38.5 Å². The van der Waals surface area contributed by atoms with Crippen LogP contribution in [0.5, 0.6) is 0 Å². The lowest BCUT2D eigenvalue weighted by molar-refractivity contribution is -0.116. The minimum absolute atomic E-state index is 0.0881. The van der Waals surface area contributed by atoms with Gasteiger partial charge in [-0.1, -0.05) is 18.2 Å². The molecule has 0 bridgehead atoms. The molecule has 1 amide bonds. The fourth-order valence-electron chi connectivity index (χ4n) is 3.18. The predicted molar refractivity (Wildman–Crippen MR) is 102 cm³/mol. The Hall–Kier alpha value is -1.65. The van der Waals surface area contributed by atoms with Gasteiger partial charge in [-0.3, -0.25) is 4.79 Å². The van der Waals surface area contributed by atoms with Gasteiger partial charge >= 0.3 is 0 Å². The normalized spacial score (nSPS) is 14.8. The van der Waals surface area contributed by atoms with Gasteiger partial charge in [0.2, 0.25) is 5.91 Å². The van der Waals surface area contributed by atoms with Crippen LogP contribution in [0.2, 0.25) is 0 Å². The Balaban J connectivity index is 1.38. The van der Waals surface area contributed by atoms with Gasteiger partial charge in [0.1, 0.15) is 0 Å². The lowest BCUT2D eigenvalue weighted by Gasteiger charge is -2.14. The molecule has 2 aromatic rings. The number of benzene rings is 1. The molecule has 1 aliphatic rings. The van der Waals surface area contributed by atoms with E-state index in [1.807, 2.05) is 18.2 Å². The summed E-state index contributed by atoms with van der Waals surface area (Å²) in [5.74, 6) is 0.0881. The van der Waals surface area contributed by atoms with E-state index in [2.05, 4.69) is 33.8 Å². The highest BCUT2D eigenvalue weighted by molar-refractivity contribution is 7.09. The molecule has 0 spiro atoms. The van der Waals surface area contributed by atoms with Crippen molar-refractivity contribution in [3.8, 4) is 0 Å². The highest BCUT2D eigenvalue weighted by atomic mass is 32.1. The van der Waals surface area contributed by atoms with Gasteiger partial charge in [0.25, 0.3) is 0 Å². The second-order valence-corrected chi connectivity index (χ2v) is 7.51. The van der Waals surface area contributed by atoms with Crippen molar-refractivity contribution in [3.63, 3.8) is 0 Å². The molecular formula is C20H26N2OS. The van der Waals surface area contributed by atoms with Crippen molar-refractivity contribution in [2.75, 3.05) is 25.0 Å². The van der Waals surface area contributed by atoms with Crippen LogP contribution in [-0.4, -0.2) is 30.4 Å². The van der Waals surface area contributed by atoms with Crippen molar-refractivity contribution < 1.29 is 4.79 Å². The molecule has 3 nitrogen and oxygen atoms in total. The molecule has 1 aliphatic heterocycles. The van der Waals surface area contributed by atoms with Crippen LogP contribution in [0.4, 0.5) is 5.69 Å². The second kappa shape index (κ2) is 9.00. The van der Waals surface area contributed by atoms with E-state index in [1.165, 1.54) is 49.3 Å². The average Bonchev–Trinajstić information content (AvgIpc) is 3.28. The number of hydrogen-bond donors (Lipinski definition) is 1. The zero-order chi connectivity index (χ0) is 16.6. The summed E-state index contributed by atoms with van der Waals surface area (Å²) in [5.41, 5.74) is 2.25. The predicted octanol–water partition coefficient (Wildman–Crippen LogP) is 4.35. The summed E-state index contributed by atoms with van der Waals surface area (Å²) in [7, 11) is 0. The Morgan fingerprint density at radius 1 is 1.08 bits per heavy atom. The number of carbonyl (C=O) groups excluding carboxylic acids is 1. The number of nitrogens with zero attached hydrogens (tertiary/aromatic N) is 1. The first-order valence-electron chi connectivity index (χ1n) is 8.93. The fourth-order valence-corrected chi connectivity index (χ4v) is 3.89. The molecule has 0 aliphatic carbocycles. The maximum Gasteiger partial charge on any atom is 0.224 e. The smallest absolute Gasteiger partial charge is 0.224 e. The Kier molecular flexibility index (Phi) is 6.44. The Bertz CT molecular complexity index is 616. The fraction of sp³-hybridized carbons (Fsp3) is 0.450. The molecule has 1 fully saturated rings. The van der Waals surface area contributed by atoms with Crippen molar-refractivity contribution in [2.24, 2.45) is 0 Å². The topological polar surface area (TPSA) is 32.3 Å². The molecule has 1 aromatic carbocycles. The number of rotatable bonds is 8. The Morgan fingerprint density at radius 2 is 1.88 bits per heavy atom. The third-order valence-electron chi connectivity index (χ3n) is 4.55. The minimum Gasteiger partial charge on any atom is -0.326 e. The van der Waals surface area contributed by atoms with Gasteiger partial charge < -0.3 is 10.2 Å². The van der Waals surface area contributed by atoms with Gasteiger partial charge in [-0.05, 0) is 80.9 Å². The van der Waals surface area contributed by atoms with E-state index in [1.54, 1.807) is 11.3 Å². The number of aryl methyl sites for hydroxylation is 2. The number of hydrogen-bond acceptors (Lipinski definition) is 3. The zero-order valence-corrected chi connectivity index (χ0v) is 15.0. The van der Waals surface area contributed by atoms with Crippen LogP contribution in [0.1, 0.15) is 36.1 Å². The van der Waals surface area contributed by atoms with Crippen molar-refractivity contribution in [1.82, 2.24) is 4.90 Å². The van der Waals surface area contributed by atoms with Crippen molar-refractivity contribution in [3.05, 3.63) is 52.2 Å². The molecule has 3 rings (SSSR count). The largest absolute Gasteiger partial charge is 0.326 e. The van der Waals surface area contributed by atoms with Gasteiger partial charge in [0.05, 0.1) is 0 Å². The zero-order valence-electron chi connectivity index (χ0n) is 14.2. The molecule has 0 radical (unpaired) electrons. The molecule has 0 atom stereocenters. The summed E-state index contributed by atoms with van der Waals surface area (Å²) < 4.78 is 0. The van der Waals surface area contributed by atoms with Gasteiger partial charge in [0, 0.05) is 17.0 Å². The number of carbonyl (C=O) groups is 1. The monoisotopic (exact) mass is 342 g/mol. The van der Waals surface area contributed by atoms with Crippen LogP contribution in [0.15, 0.2) is 41.8 Å². The van der Waals surface area contributed by atoms with Crippen LogP contribution < -0.4 is 5.32 Å². The first-order chi connectivity index (χ1) is 11.8. The SMILES string of the molecule is O=C(CCc1cccs1)Nc1ccc(CCCN2CCCC2)cc1. The van der Waals surface area contributed by atoms with Crippen LogP contribution in [-0.2, 0) is 17.6 Å². The summed E-state index contributed by atoms with van der Waals surface area (Å²) >= 11 is 1.71. The van der Waals surface area contributed by atoms with Crippen LogP contribution in [0.25, 0.3) is 0 Å². The molecule has 128 valence electrons. The quantitative estimate of drug-likeness (QED) is 0.773. The van der Waals surface area contributed by atoms with E-state index < -0.39 is 0 Å². The number of likely N-dealkylation sites (tertiary alicyclic amines) is 1. The maximum absolute atomic E-state index is 12.0. The van der Waals surface area contributed by atoms with Gasteiger partial charge in [0.15, 0.2) is 0 Å². The highest BCUT2D eigenvalue weighted by Gasteiger charge is 2.10. The van der Waals surface area contributed by atoms with E-state index in [0.717, 1.165) is 18.5 Å². The van der Waals surface area contributed by atoms with Crippen molar-refractivity contribution >= 4 is 22.9 Å². The molecule has 0 saturated carbocycles. The molecular weight excluding hydrogens is 316 g/mol. The van der Waals surface area contributed by atoms with E-state index in [9.17, 15) is 4.79 Å². The molecule has 1 N–H and O–H groups in total. The first kappa shape index (κ1) is 17.2. The van der Waals surface area contributed by atoms with Crippen LogP contribution >= 0.6 is 11.3 Å². The summed E-state index contributed by atoms with van der Waals surface area (Å²) in [6.07, 6.45) is 6.41. The number of anilines is 1. The standard InChI is InChI=1S/C20H26N2OS/c23-20(12-11-19-6-4-16-24-19)21-18-9-7-17(8-10-18)5-3-15-22-13-1-2-14-22/h4,6-10,16H,1-3,5,11-15H2,(H,21,23). The summed E-state index contributed by atoms with van der Waals surface area (Å²) in [6, 6.07) is 12.4. The third-order valence-corrected chi connectivity index (χ3v) is 5.49. The summed E-state index contributed by atoms with van der Waals surface area (Å²) in [5, 5.41) is 5.04. The molecule has 1 aromatic heterocycles. The minimum atomic E-state index is 0.0881. The van der Waals surface area contributed by atoms with E-state index in [0.29, 0.717) is 6.42 Å². The summed E-state index contributed by atoms with van der Waals surface area (Å²) in [6.45, 7) is 3.76. The van der Waals surface area contributed by atoms with Crippen LogP contribution in [0, 0.1) is 0 Å². The number of nitrogens with one attached hydrogen (secondary N) is 1. The molecule has 0 unspecified atom stereocenters. The Labute approximate surface area is 148 Å². The van der Waals surface area contributed by atoms with E-state index in [4.69, 9.17) is 0 Å². The van der Waals surface area contributed by atoms with Gasteiger partial charge in [-0.15, -0.1) is 11.3 Å². The molecule has 24 heavy (non-hydrogen) atoms. The van der Waals surface area contributed by atoms with Gasteiger partial charge in [-0.2, -0.15) is 0 Å². The number of amides is 1. The maximum atomic E-state index is 12.0. The van der Waals surface area contributed by atoms with E-state index >= 15 is 0 Å². The van der Waals surface area contributed by atoms with E-state index in [-0.39, 0.29) is 5.91 Å². The van der Waals surface area contributed by atoms with Gasteiger partial charge in [-0.25, -0.2) is 0 Å². The summed E-state index contributed by atoms with van der Waals surface area (Å²) in [4.78, 5) is 15.8. The van der Waals surface area contributed by atoms with Crippen LogP contribution in [0.3, 0.4) is 0 Å². The second-order valence-electron chi connectivity index (χ2n) is 6.48. The molecule has 2 heterocycles. The molecule has 4 heteroatoms.